The summed E-state index contributed by atoms with van der Waals surface area (Å²) in [5.74, 6) is -0.263. The van der Waals surface area contributed by atoms with Crippen molar-refractivity contribution in [1.29, 1.82) is 0 Å². The van der Waals surface area contributed by atoms with Crippen LogP contribution in [0.5, 0.6) is 0 Å². The Labute approximate surface area is 166 Å². The minimum absolute atomic E-state index is 0.00299. The van der Waals surface area contributed by atoms with Crippen LogP contribution in [0.25, 0.3) is 10.9 Å². The Morgan fingerprint density at radius 1 is 1.04 bits per heavy atom. The van der Waals surface area contributed by atoms with E-state index in [9.17, 15) is 9.18 Å². The van der Waals surface area contributed by atoms with E-state index >= 15 is 0 Å². The van der Waals surface area contributed by atoms with E-state index in [4.69, 9.17) is 0 Å². The van der Waals surface area contributed by atoms with Crippen LogP contribution in [0.1, 0.15) is 33.6 Å². The second-order valence-electron chi connectivity index (χ2n) is 7.65. The maximum atomic E-state index is 13.3. The zero-order valence-electron chi connectivity index (χ0n) is 17.1. The Kier molecular flexibility index (Phi) is 6.15. The largest absolute Gasteiger partial charge is 0.358 e. The fraction of sp³-hybridized carbons (Fsp3) is 0.348. The van der Waals surface area contributed by atoms with Gasteiger partial charge in [-0.15, -0.1) is 0 Å². The third-order valence-electron chi connectivity index (χ3n) is 5.16. The Balaban J connectivity index is 1.85. The molecule has 1 aromatic heterocycles. The molecule has 0 spiro atoms. The van der Waals surface area contributed by atoms with Gasteiger partial charge in [0.1, 0.15) is 5.82 Å². The number of carbonyl (C=O) groups excluding carboxylic acids is 1. The number of aryl methyl sites for hydroxylation is 2. The zero-order valence-corrected chi connectivity index (χ0v) is 17.1. The van der Waals surface area contributed by atoms with Crippen molar-refractivity contribution in [3.05, 3.63) is 70.7 Å². The van der Waals surface area contributed by atoms with Crippen molar-refractivity contribution in [2.45, 2.75) is 26.8 Å². The third kappa shape index (κ3) is 4.60. The van der Waals surface area contributed by atoms with E-state index in [0.29, 0.717) is 18.7 Å². The number of H-pyrrole nitrogens is 1. The number of halogens is 1. The molecule has 4 nitrogen and oxygen atoms in total. The van der Waals surface area contributed by atoms with E-state index in [1.54, 1.807) is 12.1 Å². The highest BCUT2D eigenvalue weighted by Crippen LogP contribution is 2.23. The first-order chi connectivity index (χ1) is 13.3. The SMILES string of the molecule is Cc1[nH]c2ccc(C(=O)N(CCCN(C)C)Cc3ccc(F)cc3)cc2c1C. The number of hydrogen-bond donors (Lipinski definition) is 1. The number of rotatable bonds is 7. The van der Waals surface area contributed by atoms with Crippen molar-refractivity contribution in [3.63, 3.8) is 0 Å². The van der Waals surface area contributed by atoms with Gasteiger partial charge in [0.15, 0.2) is 0 Å². The maximum absolute atomic E-state index is 13.3. The standard InChI is InChI=1S/C23H28FN3O/c1-16-17(2)25-22-11-8-19(14-21(16)22)23(28)27(13-5-12-26(3)4)15-18-6-9-20(24)10-7-18/h6-11,14,25H,5,12-13,15H2,1-4H3. The molecule has 3 aromatic rings. The number of hydrogen-bond acceptors (Lipinski definition) is 2. The highest BCUT2D eigenvalue weighted by Gasteiger charge is 2.18. The third-order valence-corrected chi connectivity index (χ3v) is 5.16. The molecule has 0 unspecified atom stereocenters. The van der Waals surface area contributed by atoms with Crippen LogP contribution in [-0.2, 0) is 6.54 Å². The zero-order chi connectivity index (χ0) is 20.3. The second kappa shape index (κ2) is 8.57. The Morgan fingerprint density at radius 3 is 2.43 bits per heavy atom. The maximum Gasteiger partial charge on any atom is 0.254 e. The molecule has 1 amide bonds. The molecule has 5 heteroatoms. The molecule has 148 valence electrons. The summed E-state index contributed by atoms with van der Waals surface area (Å²) in [6.45, 7) is 6.13. The normalized spacial score (nSPS) is 11.4. The molecular weight excluding hydrogens is 353 g/mol. The summed E-state index contributed by atoms with van der Waals surface area (Å²) >= 11 is 0. The van der Waals surface area contributed by atoms with Gasteiger partial charge in [-0.05, 0) is 82.4 Å². The van der Waals surface area contributed by atoms with Crippen LogP contribution in [0.4, 0.5) is 4.39 Å². The van der Waals surface area contributed by atoms with Gasteiger partial charge in [-0.25, -0.2) is 4.39 Å². The molecule has 0 fully saturated rings. The van der Waals surface area contributed by atoms with Crippen LogP contribution in [0.15, 0.2) is 42.5 Å². The van der Waals surface area contributed by atoms with E-state index in [0.717, 1.165) is 35.1 Å². The van der Waals surface area contributed by atoms with Gasteiger partial charge >= 0.3 is 0 Å². The van der Waals surface area contributed by atoms with Gasteiger partial charge in [0.2, 0.25) is 0 Å². The number of benzene rings is 2. The molecule has 0 aliphatic heterocycles. The monoisotopic (exact) mass is 381 g/mol. The van der Waals surface area contributed by atoms with Gasteiger partial charge in [-0.1, -0.05) is 12.1 Å². The van der Waals surface area contributed by atoms with Gasteiger partial charge in [-0.2, -0.15) is 0 Å². The number of aromatic amines is 1. The van der Waals surface area contributed by atoms with Gasteiger partial charge in [-0.3, -0.25) is 4.79 Å². The molecule has 0 bridgehead atoms. The molecule has 0 radical (unpaired) electrons. The summed E-state index contributed by atoms with van der Waals surface area (Å²) in [5.41, 5.74) is 4.94. The van der Waals surface area contributed by atoms with Crippen molar-refractivity contribution < 1.29 is 9.18 Å². The molecule has 0 atom stereocenters. The minimum atomic E-state index is -0.266. The number of aromatic nitrogens is 1. The van der Waals surface area contributed by atoms with Crippen LogP contribution in [-0.4, -0.2) is 47.9 Å². The van der Waals surface area contributed by atoms with Gasteiger partial charge < -0.3 is 14.8 Å². The van der Waals surface area contributed by atoms with Crippen molar-refractivity contribution in [2.24, 2.45) is 0 Å². The molecule has 2 aromatic carbocycles. The van der Waals surface area contributed by atoms with Crippen molar-refractivity contribution in [3.8, 4) is 0 Å². The lowest BCUT2D eigenvalue weighted by molar-refractivity contribution is 0.0737. The molecule has 1 heterocycles. The number of fused-ring (bicyclic) bond motifs is 1. The lowest BCUT2D eigenvalue weighted by Gasteiger charge is -2.24. The van der Waals surface area contributed by atoms with Crippen LogP contribution in [0.3, 0.4) is 0 Å². The molecule has 3 rings (SSSR count). The predicted molar refractivity (Wildman–Crippen MR) is 112 cm³/mol. The average molecular weight is 381 g/mol. The van der Waals surface area contributed by atoms with E-state index in [-0.39, 0.29) is 11.7 Å². The average Bonchev–Trinajstić information content (AvgIpc) is 2.95. The summed E-state index contributed by atoms with van der Waals surface area (Å²) < 4.78 is 13.2. The van der Waals surface area contributed by atoms with Crippen molar-refractivity contribution in [2.75, 3.05) is 27.2 Å². The highest BCUT2D eigenvalue weighted by atomic mass is 19.1. The second-order valence-corrected chi connectivity index (χ2v) is 7.65. The minimum Gasteiger partial charge on any atom is -0.358 e. The van der Waals surface area contributed by atoms with Crippen LogP contribution < -0.4 is 0 Å². The van der Waals surface area contributed by atoms with E-state index in [1.807, 2.05) is 44.1 Å². The number of amides is 1. The Bertz CT molecular complexity index is 960. The summed E-state index contributed by atoms with van der Waals surface area (Å²) in [7, 11) is 4.05. The summed E-state index contributed by atoms with van der Waals surface area (Å²) in [4.78, 5) is 20.6. The van der Waals surface area contributed by atoms with Crippen LogP contribution >= 0.6 is 0 Å². The molecule has 0 saturated carbocycles. The van der Waals surface area contributed by atoms with Crippen LogP contribution in [0.2, 0.25) is 0 Å². The number of carbonyl (C=O) groups is 1. The van der Waals surface area contributed by atoms with Crippen LogP contribution in [0, 0.1) is 19.7 Å². The Hall–Kier alpha value is -2.66. The quantitative estimate of drug-likeness (QED) is 0.654. The summed E-state index contributed by atoms with van der Waals surface area (Å²) in [5, 5.41) is 1.08. The summed E-state index contributed by atoms with van der Waals surface area (Å²) in [6, 6.07) is 12.2. The first-order valence-corrected chi connectivity index (χ1v) is 9.62. The van der Waals surface area contributed by atoms with Gasteiger partial charge in [0.25, 0.3) is 5.91 Å². The molecule has 28 heavy (non-hydrogen) atoms. The van der Waals surface area contributed by atoms with Crippen molar-refractivity contribution in [1.82, 2.24) is 14.8 Å². The molecule has 1 N–H and O–H groups in total. The Morgan fingerprint density at radius 2 is 1.75 bits per heavy atom. The smallest absolute Gasteiger partial charge is 0.254 e. The van der Waals surface area contributed by atoms with Gasteiger partial charge in [0.05, 0.1) is 0 Å². The first kappa shape index (κ1) is 20.1. The molecule has 0 aliphatic carbocycles. The van der Waals surface area contributed by atoms with Crippen molar-refractivity contribution >= 4 is 16.8 Å². The molecule has 0 aliphatic rings. The predicted octanol–water partition coefficient (Wildman–Crippen LogP) is 4.52. The fourth-order valence-electron chi connectivity index (χ4n) is 3.42. The topological polar surface area (TPSA) is 39.3 Å². The highest BCUT2D eigenvalue weighted by molar-refractivity contribution is 5.99. The lowest BCUT2D eigenvalue weighted by Crippen LogP contribution is -2.33. The van der Waals surface area contributed by atoms with E-state index in [2.05, 4.69) is 16.8 Å². The first-order valence-electron chi connectivity index (χ1n) is 9.62. The lowest BCUT2D eigenvalue weighted by atomic mass is 10.1. The summed E-state index contributed by atoms with van der Waals surface area (Å²) in [6.07, 6.45) is 0.879. The van der Waals surface area contributed by atoms with E-state index < -0.39 is 0 Å². The van der Waals surface area contributed by atoms with E-state index in [1.165, 1.54) is 17.7 Å². The molecular formula is C23H28FN3O. The molecule has 0 saturated heterocycles. The van der Waals surface area contributed by atoms with Gasteiger partial charge in [0, 0.05) is 35.2 Å². The fourth-order valence-corrected chi connectivity index (χ4v) is 3.42. The number of nitrogens with zero attached hydrogens (tertiary/aromatic N) is 2. The number of nitrogens with one attached hydrogen (secondary N) is 1.